The molecule has 0 bridgehead atoms. The standard InChI is InChI=1S/C17H19F2N/c1-20-12-15(13-5-3-2-4-6-13)8-7-14-9-10-16(18)11-17(14)19/h2-6,9-11,15,20H,7-8,12H2,1H3. The highest BCUT2D eigenvalue weighted by Crippen LogP contribution is 2.22. The predicted octanol–water partition coefficient (Wildman–Crippen LogP) is 3.90. The molecule has 0 aromatic heterocycles. The lowest BCUT2D eigenvalue weighted by molar-refractivity contribution is 0.548. The number of aryl methyl sites for hydroxylation is 1. The molecular weight excluding hydrogens is 256 g/mol. The zero-order valence-electron chi connectivity index (χ0n) is 11.6. The van der Waals surface area contributed by atoms with Crippen LogP contribution in [0, 0.1) is 11.6 Å². The van der Waals surface area contributed by atoms with Crippen LogP contribution >= 0.6 is 0 Å². The Morgan fingerprint density at radius 1 is 1.05 bits per heavy atom. The molecule has 1 nitrogen and oxygen atoms in total. The summed E-state index contributed by atoms with van der Waals surface area (Å²) in [6.07, 6.45) is 1.43. The van der Waals surface area contributed by atoms with Gasteiger partial charge in [0.1, 0.15) is 11.6 Å². The van der Waals surface area contributed by atoms with Gasteiger partial charge in [-0.05, 0) is 43.0 Å². The molecule has 0 amide bonds. The van der Waals surface area contributed by atoms with E-state index in [1.54, 1.807) is 0 Å². The Balaban J connectivity index is 2.06. The summed E-state index contributed by atoms with van der Waals surface area (Å²) in [6.45, 7) is 0.840. The Labute approximate surface area is 118 Å². The van der Waals surface area contributed by atoms with Crippen molar-refractivity contribution in [1.29, 1.82) is 0 Å². The van der Waals surface area contributed by atoms with Crippen LogP contribution < -0.4 is 5.32 Å². The summed E-state index contributed by atoms with van der Waals surface area (Å²) in [5, 5.41) is 3.17. The van der Waals surface area contributed by atoms with Crippen molar-refractivity contribution in [2.45, 2.75) is 18.8 Å². The molecule has 106 valence electrons. The summed E-state index contributed by atoms with van der Waals surface area (Å²) in [6, 6.07) is 14.0. The Kier molecular flexibility index (Phi) is 5.24. The maximum Gasteiger partial charge on any atom is 0.129 e. The fourth-order valence-corrected chi connectivity index (χ4v) is 2.41. The molecule has 1 unspecified atom stereocenters. The topological polar surface area (TPSA) is 12.0 Å². The number of halogens is 2. The molecule has 3 heteroatoms. The Hall–Kier alpha value is -1.74. The van der Waals surface area contributed by atoms with Crippen molar-refractivity contribution < 1.29 is 8.78 Å². The minimum atomic E-state index is -0.527. The first-order valence-electron chi connectivity index (χ1n) is 6.84. The summed E-state index contributed by atoms with van der Waals surface area (Å²) in [5.74, 6) is -0.659. The van der Waals surface area contributed by atoms with Gasteiger partial charge in [-0.1, -0.05) is 36.4 Å². The molecular formula is C17H19F2N. The molecule has 2 aromatic carbocycles. The SMILES string of the molecule is CNCC(CCc1ccc(F)cc1F)c1ccccc1. The van der Waals surface area contributed by atoms with Crippen LogP contribution in [0.2, 0.25) is 0 Å². The van der Waals surface area contributed by atoms with E-state index in [1.165, 1.54) is 17.7 Å². The fraction of sp³-hybridized carbons (Fsp3) is 0.294. The second kappa shape index (κ2) is 7.15. The average molecular weight is 275 g/mol. The number of rotatable bonds is 6. The Bertz CT molecular complexity index is 540. The Morgan fingerprint density at radius 3 is 2.45 bits per heavy atom. The highest BCUT2D eigenvalue weighted by molar-refractivity contribution is 5.22. The first-order chi connectivity index (χ1) is 9.70. The number of likely N-dealkylation sites (N-methyl/N-ethyl adjacent to an activating group) is 1. The summed E-state index contributed by atoms with van der Waals surface area (Å²) in [5.41, 5.74) is 1.81. The highest BCUT2D eigenvalue weighted by atomic mass is 19.1. The first kappa shape index (κ1) is 14.7. The number of hydrogen-bond acceptors (Lipinski definition) is 1. The van der Waals surface area contributed by atoms with E-state index in [0.29, 0.717) is 17.9 Å². The van der Waals surface area contributed by atoms with Gasteiger partial charge in [0.15, 0.2) is 0 Å². The normalized spacial score (nSPS) is 12.3. The third kappa shape index (κ3) is 3.87. The van der Waals surface area contributed by atoms with Crippen LogP contribution in [0.1, 0.15) is 23.5 Å². The molecule has 0 aliphatic rings. The van der Waals surface area contributed by atoms with Crippen LogP contribution in [-0.2, 0) is 6.42 Å². The van der Waals surface area contributed by atoms with E-state index in [0.717, 1.165) is 19.0 Å². The van der Waals surface area contributed by atoms with Crippen LogP contribution in [0.15, 0.2) is 48.5 Å². The third-order valence-electron chi connectivity index (χ3n) is 3.50. The number of hydrogen-bond donors (Lipinski definition) is 1. The molecule has 0 spiro atoms. The predicted molar refractivity (Wildman–Crippen MR) is 77.8 cm³/mol. The van der Waals surface area contributed by atoms with Gasteiger partial charge in [0.05, 0.1) is 0 Å². The smallest absolute Gasteiger partial charge is 0.129 e. The molecule has 20 heavy (non-hydrogen) atoms. The number of nitrogens with one attached hydrogen (secondary N) is 1. The third-order valence-corrected chi connectivity index (χ3v) is 3.50. The molecule has 2 rings (SSSR count). The quantitative estimate of drug-likeness (QED) is 0.843. The lowest BCUT2D eigenvalue weighted by Crippen LogP contribution is -2.18. The van der Waals surface area contributed by atoms with Gasteiger partial charge < -0.3 is 5.32 Å². The van der Waals surface area contributed by atoms with Gasteiger partial charge in [-0.3, -0.25) is 0 Å². The summed E-state index contributed by atoms with van der Waals surface area (Å²) >= 11 is 0. The van der Waals surface area contributed by atoms with Gasteiger partial charge in [-0.2, -0.15) is 0 Å². The molecule has 0 fully saturated rings. The Morgan fingerprint density at radius 2 is 1.80 bits per heavy atom. The molecule has 2 aromatic rings. The lowest BCUT2D eigenvalue weighted by Gasteiger charge is -2.17. The van der Waals surface area contributed by atoms with E-state index < -0.39 is 11.6 Å². The van der Waals surface area contributed by atoms with E-state index >= 15 is 0 Å². The lowest BCUT2D eigenvalue weighted by atomic mass is 9.92. The van der Waals surface area contributed by atoms with Gasteiger partial charge in [0, 0.05) is 12.6 Å². The minimum Gasteiger partial charge on any atom is -0.319 e. The van der Waals surface area contributed by atoms with E-state index in [1.807, 2.05) is 25.2 Å². The molecule has 0 aliphatic heterocycles. The summed E-state index contributed by atoms with van der Waals surface area (Å²) < 4.78 is 26.5. The van der Waals surface area contributed by atoms with Crippen LogP contribution in [0.5, 0.6) is 0 Å². The van der Waals surface area contributed by atoms with Gasteiger partial charge in [0.25, 0.3) is 0 Å². The molecule has 0 saturated heterocycles. The molecule has 0 radical (unpaired) electrons. The zero-order valence-corrected chi connectivity index (χ0v) is 11.6. The van der Waals surface area contributed by atoms with Crippen molar-refractivity contribution in [3.05, 3.63) is 71.3 Å². The minimum absolute atomic E-state index is 0.325. The van der Waals surface area contributed by atoms with Crippen LogP contribution in [0.25, 0.3) is 0 Å². The van der Waals surface area contributed by atoms with Crippen LogP contribution in [-0.4, -0.2) is 13.6 Å². The molecule has 0 saturated carbocycles. The van der Waals surface area contributed by atoms with Crippen LogP contribution in [0.3, 0.4) is 0 Å². The summed E-state index contributed by atoms with van der Waals surface area (Å²) in [7, 11) is 1.91. The van der Waals surface area contributed by atoms with Crippen molar-refractivity contribution in [3.8, 4) is 0 Å². The van der Waals surface area contributed by atoms with Crippen LogP contribution in [0.4, 0.5) is 8.78 Å². The van der Waals surface area contributed by atoms with Gasteiger partial charge >= 0.3 is 0 Å². The molecule has 0 heterocycles. The number of benzene rings is 2. The maximum atomic E-state index is 13.6. The van der Waals surface area contributed by atoms with Crippen molar-refractivity contribution in [3.63, 3.8) is 0 Å². The van der Waals surface area contributed by atoms with Crippen molar-refractivity contribution in [1.82, 2.24) is 5.32 Å². The largest absolute Gasteiger partial charge is 0.319 e. The first-order valence-corrected chi connectivity index (χ1v) is 6.84. The van der Waals surface area contributed by atoms with E-state index in [2.05, 4.69) is 17.4 Å². The average Bonchev–Trinajstić information content (AvgIpc) is 2.46. The molecule has 1 atom stereocenters. The van der Waals surface area contributed by atoms with E-state index in [4.69, 9.17) is 0 Å². The van der Waals surface area contributed by atoms with Gasteiger partial charge in [-0.15, -0.1) is 0 Å². The second-order valence-corrected chi connectivity index (χ2v) is 4.94. The van der Waals surface area contributed by atoms with Gasteiger partial charge in [0.2, 0.25) is 0 Å². The van der Waals surface area contributed by atoms with E-state index in [9.17, 15) is 8.78 Å². The maximum absolute atomic E-state index is 13.6. The highest BCUT2D eigenvalue weighted by Gasteiger charge is 2.12. The molecule has 1 N–H and O–H groups in total. The van der Waals surface area contributed by atoms with Crippen molar-refractivity contribution in [2.24, 2.45) is 0 Å². The van der Waals surface area contributed by atoms with Gasteiger partial charge in [-0.25, -0.2) is 8.78 Å². The zero-order chi connectivity index (χ0) is 14.4. The van der Waals surface area contributed by atoms with Crippen molar-refractivity contribution in [2.75, 3.05) is 13.6 Å². The second-order valence-electron chi connectivity index (χ2n) is 4.94. The van der Waals surface area contributed by atoms with E-state index in [-0.39, 0.29) is 0 Å². The van der Waals surface area contributed by atoms with Crippen molar-refractivity contribution >= 4 is 0 Å². The monoisotopic (exact) mass is 275 g/mol. The molecule has 0 aliphatic carbocycles. The summed E-state index contributed by atoms with van der Waals surface area (Å²) in [4.78, 5) is 0. The fourth-order valence-electron chi connectivity index (χ4n) is 2.41.